The van der Waals surface area contributed by atoms with Gasteiger partial charge in [0.15, 0.2) is 0 Å². The van der Waals surface area contributed by atoms with Gasteiger partial charge in [-0.3, -0.25) is 4.79 Å². The van der Waals surface area contributed by atoms with Gasteiger partial charge in [-0.25, -0.2) is 0 Å². The summed E-state index contributed by atoms with van der Waals surface area (Å²) in [5.74, 6) is 0.233. The lowest BCUT2D eigenvalue weighted by Gasteiger charge is -2.38. The number of rotatable bonds is 5. The van der Waals surface area contributed by atoms with Crippen LogP contribution in [0.1, 0.15) is 31.4 Å². The first-order chi connectivity index (χ1) is 9.72. The predicted molar refractivity (Wildman–Crippen MR) is 79.5 cm³/mol. The first-order valence-corrected chi connectivity index (χ1v) is 7.33. The molecule has 1 saturated heterocycles. The molecule has 1 fully saturated rings. The molecule has 0 bridgehead atoms. The van der Waals surface area contributed by atoms with E-state index in [1.54, 1.807) is 0 Å². The van der Waals surface area contributed by atoms with Gasteiger partial charge in [0.25, 0.3) is 0 Å². The normalized spacial score (nSPS) is 22.8. The van der Waals surface area contributed by atoms with E-state index >= 15 is 0 Å². The van der Waals surface area contributed by atoms with Crippen molar-refractivity contribution in [2.24, 2.45) is 0 Å². The number of carbonyl (C=O) groups excluding carboxylic acids is 1. The van der Waals surface area contributed by atoms with E-state index in [4.69, 9.17) is 4.74 Å². The Morgan fingerprint density at radius 2 is 2.15 bits per heavy atom. The van der Waals surface area contributed by atoms with Gasteiger partial charge in [0.2, 0.25) is 5.91 Å². The Labute approximate surface area is 121 Å². The maximum Gasteiger partial charge on any atom is 0.223 e. The molecule has 0 aromatic heterocycles. The van der Waals surface area contributed by atoms with Crippen LogP contribution >= 0.6 is 0 Å². The summed E-state index contributed by atoms with van der Waals surface area (Å²) in [6.07, 6.45) is 1.49. The molecular weight excluding hydrogens is 252 g/mol. The van der Waals surface area contributed by atoms with Gasteiger partial charge in [0.1, 0.15) is 6.10 Å². The van der Waals surface area contributed by atoms with E-state index in [9.17, 15) is 4.79 Å². The molecule has 1 aromatic carbocycles. The van der Waals surface area contributed by atoms with Gasteiger partial charge in [-0.15, -0.1) is 0 Å². The lowest BCUT2D eigenvalue weighted by atomic mass is 10.1. The standard InChI is InChI=1S/C16H24N2O2/c1-13-12-20-15(14-7-4-3-5-8-14)11-18(13)16(19)9-6-10-17-2/h3-5,7-8,13,15,17H,6,9-12H2,1-2H3. The molecule has 0 radical (unpaired) electrons. The topological polar surface area (TPSA) is 41.6 Å². The highest BCUT2D eigenvalue weighted by molar-refractivity contribution is 5.76. The van der Waals surface area contributed by atoms with Crippen molar-refractivity contribution in [3.05, 3.63) is 35.9 Å². The lowest BCUT2D eigenvalue weighted by molar-refractivity contribution is -0.144. The highest BCUT2D eigenvalue weighted by Gasteiger charge is 2.29. The number of ether oxygens (including phenoxy) is 1. The summed E-state index contributed by atoms with van der Waals surface area (Å²) in [6.45, 7) is 4.20. The van der Waals surface area contributed by atoms with Gasteiger partial charge in [-0.1, -0.05) is 30.3 Å². The van der Waals surface area contributed by atoms with Crippen molar-refractivity contribution in [3.8, 4) is 0 Å². The van der Waals surface area contributed by atoms with Crippen LogP contribution in [-0.4, -0.2) is 43.6 Å². The first-order valence-electron chi connectivity index (χ1n) is 7.33. The monoisotopic (exact) mass is 276 g/mol. The van der Waals surface area contributed by atoms with Gasteiger partial charge in [0, 0.05) is 6.42 Å². The van der Waals surface area contributed by atoms with Crippen molar-refractivity contribution in [2.75, 3.05) is 26.7 Å². The van der Waals surface area contributed by atoms with Crippen LogP contribution in [0.2, 0.25) is 0 Å². The van der Waals surface area contributed by atoms with E-state index in [0.29, 0.717) is 19.6 Å². The molecule has 2 atom stereocenters. The van der Waals surface area contributed by atoms with Crippen LogP contribution in [0, 0.1) is 0 Å². The molecule has 1 amide bonds. The van der Waals surface area contributed by atoms with Crippen molar-refractivity contribution < 1.29 is 9.53 Å². The number of morpholine rings is 1. The predicted octanol–water partition coefficient (Wildman–Crippen LogP) is 1.97. The number of amides is 1. The molecule has 2 unspecified atom stereocenters. The third-order valence-electron chi connectivity index (χ3n) is 3.74. The van der Waals surface area contributed by atoms with Gasteiger partial charge >= 0.3 is 0 Å². The van der Waals surface area contributed by atoms with E-state index in [2.05, 4.69) is 24.4 Å². The second kappa shape index (κ2) is 7.41. The van der Waals surface area contributed by atoms with Crippen molar-refractivity contribution in [1.82, 2.24) is 10.2 Å². The molecular formula is C16H24N2O2. The van der Waals surface area contributed by atoms with E-state index in [1.165, 1.54) is 0 Å². The maximum atomic E-state index is 12.3. The number of nitrogens with one attached hydrogen (secondary N) is 1. The highest BCUT2D eigenvalue weighted by Crippen LogP contribution is 2.25. The molecule has 110 valence electrons. The summed E-state index contributed by atoms with van der Waals surface area (Å²) in [5.41, 5.74) is 1.15. The SMILES string of the molecule is CNCCCC(=O)N1CC(c2ccccc2)OCC1C. The molecule has 0 spiro atoms. The Morgan fingerprint density at radius 1 is 1.40 bits per heavy atom. The zero-order valence-electron chi connectivity index (χ0n) is 12.3. The number of nitrogens with zero attached hydrogens (tertiary/aromatic N) is 1. The van der Waals surface area contributed by atoms with E-state index < -0.39 is 0 Å². The second-order valence-electron chi connectivity index (χ2n) is 5.33. The molecule has 1 N–H and O–H groups in total. The van der Waals surface area contributed by atoms with Crippen molar-refractivity contribution in [1.29, 1.82) is 0 Å². The summed E-state index contributed by atoms with van der Waals surface area (Å²) in [6, 6.07) is 10.3. The van der Waals surface area contributed by atoms with Crippen LogP contribution < -0.4 is 5.32 Å². The minimum absolute atomic E-state index is 0.000602. The van der Waals surface area contributed by atoms with Crippen LogP contribution in [0.25, 0.3) is 0 Å². The Bertz CT molecular complexity index is 422. The third-order valence-corrected chi connectivity index (χ3v) is 3.74. The quantitative estimate of drug-likeness (QED) is 0.836. The Hall–Kier alpha value is -1.39. The minimum Gasteiger partial charge on any atom is -0.370 e. The van der Waals surface area contributed by atoms with Crippen molar-refractivity contribution >= 4 is 5.91 Å². The van der Waals surface area contributed by atoms with E-state index in [1.807, 2.05) is 30.1 Å². The fourth-order valence-electron chi connectivity index (χ4n) is 2.53. The third kappa shape index (κ3) is 3.81. The minimum atomic E-state index is 0.000602. The Kier molecular flexibility index (Phi) is 5.56. The Balaban J connectivity index is 1.96. The van der Waals surface area contributed by atoms with Gasteiger partial charge < -0.3 is 15.0 Å². The van der Waals surface area contributed by atoms with Crippen LogP contribution in [0.3, 0.4) is 0 Å². The highest BCUT2D eigenvalue weighted by atomic mass is 16.5. The molecule has 1 aromatic rings. The van der Waals surface area contributed by atoms with Crippen molar-refractivity contribution in [2.45, 2.75) is 31.9 Å². The average molecular weight is 276 g/mol. The first kappa shape index (κ1) is 15.0. The van der Waals surface area contributed by atoms with Gasteiger partial charge in [-0.05, 0) is 32.5 Å². The number of hydrogen-bond acceptors (Lipinski definition) is 3. The maximum absolute atomic E-state index is 12.3. The number of hydrogen-bond donors (Lipinski definition) is 1. The van der Waals surface area contributed by atoms with E-state index in [0.717, 1.165) is 18.5 Å². The summed E-state index contributed by atoms with van der Waals surface area (Å²) < 4.78 is 5.88. The summed E-state index contributed by atoms with van der Waals surface area (Å²) >= 11 is 0. The van der Waals surface area contributed by atoms with Crippen LogP contribution in [0.15, 0.2) is 30.3 Å². The summed E-state index contributed by atoms with van der Waals surface area (Å²) in [7, 11) is 1.91. The average Bonchev–Trinajstić information content (AvgIpc) is 2.49. The zero-order valence-corrected chi connectivity index (χ0v) is 12.3. The van der Waals surface area contributed by atoms with Crippen LogP contribution in [0.4, 0.5) is 0 Å². The summed E-state index contributed by atoms with van der Waals surface area (Å²) in [5, 5.41) is 3.08. The molecule has 1 aliphatic rings. The number of benzene rings is 1. The summed E-state index contributed by atoms with van der Waals surface area (Å²) in [4.78, 5) is 14.3. The largest absolute Gasteiger partial charge is 0.370 e. The van der Waals surface area contributed by atoms with Crippen LogP contribution in [0.5, 0.6) is 0 Å². The van der Waals surface area contributed by atoms with Crippen LogP contribution in [-0.2, 0) is 9.53 Å². The fourth-order valence-corrected chi connectivity index (χ4v) is 2.53. The molecule has 0 saturated carbocycles. The van der Waals surface area contributed by atoms with Crippen molar-refractivity contribution in [3.63, 3.8) is 0 Å². The molecule has 1 aliphatic heterocycles. The smallest absolute Gasteiger partial charge is 0.223 e. The van der Waals surface area contributed by atoms with Gasteiger partial charge in [-0.2, -0.15) is 0 Å². The zero-order chi connectivity index (χ0) is 14.4. The molecule has 1 heterocycles. The second-order valence-corrected chi connectivity index (χ2v) is 5.33. The van der Waals surface area contributed by atoms with E-state index in [-0.39, 0.29) is 18.1 Å². The number of carbonyl (C=O) groups is 1. The molecule has 20 heavy (non-hydrogen) atoms. The Morgan fingerprint density at radius 3 is 2.85 bits per heavy atom. The lowest BCUT2D eigenvalue weighted by Crippen LogP contribution is -2.48. The molecule has 0 aliphatic carbocycles. The molecule has 2 rings (SSSR count). The molecule has 4 nitrogen and oxygen atoms in total. The van der Waals surface area contributed by atoms with Gasteiger partial charge in [0.05, 0.1) is 19.2 Å². The molecule has 4 heteroatoms. The fraction of sp³-hybridized carbons (Fsp3) is 0.562.